The summed E-state index contributed by atoms with van der Waals surface area (Å²) >= 11 is 0. The van der Waals surface area contributed by atoms with E-state index in [2.05, 4.69) is 148 Å². The van der Waals surface area contributed by atoms with Gasteiger partial charge in [-0.3, -0.25) is 9.59 Å². The van der Waals surface area contributed by atoms with Crippen molar-refractivity contribution in [3.8, 4) is 0 Å². The van der Waals surface area contributed by atoms with Gasteiger partial charge < -0.3 is 33.3 Å². The Hall–Kier alpha value is -4.57. The first-order chi connectivity index (χ1) is 45.6. The zero-order valence-electron chi connectivity index (χ0n) is 60.8. The highest BCUT2D eigenvalue weighted by Crippen LogP contribution is 2.18. The first-order valence-electron chi connectivity index (χ1n) is 38.3. The molecule has 0 spiro atoms. The van der Waals surface area contributed by atoms with Gasteiger partial charge in [-0.25, -0.2) is 0 Å². The Morgan fingerprint density at radius 3 is 0.914 bits per heavy atom. The fourth-order valence-corrected chi connectivity index (χ4v) is 10.6. The van der Waals surface area contributed by atoms with Crippen LogP contribution in [0.25, 0.3) is 0 Å². The molecule has 0 saturated heterocycles. The van der Waals surface area contributed by atoms with E-state index in [1.165, 1.54) is 173 Å². The Balaban J connectivity index is 4.12. The molecule has 0 saturated carbocycles. The molecule has 0 amide bonds. The van der Waals surface area contributed by atoms with Gasteiger partial charge in [0, 0.05) is 12.8 Å². The predicted octanol–water partition coefficient (Wildman–Crippen LogP) is 23.1. The van der Waals surface area contributed by atoms with E-state index >= 15 is 0 Å². The molecule has 0 rings (SSSR count). The number of hydrogen-bond donors (Lipinski definition) is 0. The summed E-state index contributed by atoms with van der Waals surface area (Å²) in [5.41, 5.74) is 0. The fourth-order valence-electron chi connectivity index (χ4n) is 10.6. The van der Waals surface area contributed by atoms with Gasteiger partial charge in [-0.15, -0.1) is 0 Å². The Morgan fingerprint density at radius 2 is 0.613 bits per heavy atom. The number of carbonyl (C=O) groups is 3. The van der Waals surface area contributed by atoms with Gasteiger partial charge in [-0.1, -0.05) is 327 Å². The summed E-state index contributed by atoms with van der Waals surface area (Å²) in [6.45, 7) is 4.62. The number of hydrogen-bond acceptors (Lipinski definition) is 8. The summed E-state index contributed by atoms with van der Waals surface area (Å²) < 4.78 is 22.8. The van der Waals surface area contributed by atoms with E-state index in [0.29, 0.717) is 17.4 Å². The number of likely N-dealkylation sites (N-methyl/N-ethyl adjacent to an activating group) is 1. The number of allylic oxidation sites excluding steroid dienone is 22. The number of unbranched alkanes of at least 4 members (excludes halogenated alkanes) is 33. The number of quaternary nitrogens is 1. The van der Waals surface area contributed by atoms with Crippen LogP contribution in [-0.2, 0) is 33.3 Å². The molecule has 0 aromatic heterocycles. The summed E-state index contributed by atoms with van der Waals surface area (Å²) in [5.74, 6) is -2.31. The van der Waals surface area contributed by atoms with Crippen molar-refractivity contribution >= 4 is 17.9 Å². The average Bonchev–Trinajstić information content (AvgIpc) is 3.74. The number of ether oxygens (including phenoxy) is 4. The zero-order valence-corrected chi connectivity index (χ0v) is 60.8. The summed E-state index contributed by atoms with van der Waals surface area (Å²) in [7, 11) is 5.92. The smallest absolute Gasteiger partial charge is 0.306 e. The van der Waals surface area contributed by atoms with Crippen molar-refractivity contribution in [1.82, 2.24) is 0 Å². The topological polar surface area (TPSA) is 111 Å². The van der Waals surface area contributed by atoms with Crippen LogP contribution in [0.4, 0.5) is 0 Å². The van der Waals surface area contributed by atoms with Crippen LogP contribution in [0.15, 0.2) is 134 Å². The van der Waals surface area contributed by atoms with Gasteiger partial charge in [0.2, 0.25) is 0 Å². The van der Waals surface area contributed by atoms with Crippen LogP contribution in [-0.4, -0.2) is 82.3 Å². The van der Waals surface area contributed by atoms with Crippen LogP contribution in [0.5, 0.6) is 0 Å². The third-order valence-electron chi connectivity index (χ3n) is 16.4. The molecule has 0 aliphatic heterocycles. The maximum Gasteiger partial charge on any atom is 0.306 e. The molecule has 9 nitrogen and oxygen atoms in total. The quantitative estimate of drug-likeness (QED) is 0.0195. The molecule has 0 fully saturated rings. The van der Waals surface area contributed by atoms with Crippen LogP contribution < -0.4 is 5.11 Å². The van der Waals surface area contributed by atoms with E-state index in [-0.39, 0.29) is 38.6 Å². The molecule has 0 radical (unpaired) electrons. The maximum atomic E-state index is 13.0. The Bertz CT molecular complexity index is 2000. The number of aliphatic carboxylic acids is 1. The molecule has 0 aromatic rings. The third-order valence-corrected chi connectivity index (χ3v) is 16.4. The Labute approximate surface area is 573 Å². The van der Waals surface area contributed by atoms with Crippen molar-refractivity contribution in [3.05, 3.63) is 134 Å². The second kappa shape index (κ2) is 73.2. The highest BCUT2D eigenvalue weighted by molar-refractivity contribution is 5.70. The summed E-state index contributed by atoms with van der Waals surface area (Å²) in [5, 5.41) is 11.8. The lowest BCUT2D eigenvalue weighted by Gasteiger charge is -2.26. The van der Waals surface area contributed by atoms with Crippen molar-refractivity contribution in [1.29, 1.82) is 0 Å². The largest absolute Gasteiger partial charge is 0.545 e. The van der Waals surface area contributed by atoms with E-state index in [4.69, 9.17) is 18.9 Å². The van der Waals surface area contributed by atoms with Gasteiger partial charge in [0.05, 0.1) is 40.3 Å². The van der Waals surface area contributed by atoms with Crippen molar-refractivity contribution < 1.29 is 42.9 Å². The van der Waals surface area contributed by atoms with E-state index in [1.807, 2.05) is 21.1 Å². The molecule has 2 atom stereocenters. The normalized spacial score (nSPS) is 13.4. The molecule has 93 heavy (non-hydrogen) atoms. The molecule has 0 aromatic carbocycles. The SMILES string of the molecule is CC/C=C\C/C=C\C/C=C\C/C=C\C/C=C\C/C=C\C/C=C\C/C=C\C/C=C\CCCCCCCC(=O)OC(COC(=O)CCCCCCCCCCCCCCCCCCCCCCCCC/C=C\C/C=C\CCCCCCC)COC(OCC[N+](C)(C)C)C(=O)[O-]. The van der Waals surface area contributed by atoms with Crippen LogP contribution in [0.2, 0.25) is 0 Å². The Morgan fingerprint density at radius 1 is 0.333 bits per heavy atom. The van der Waals surface area contributed by atoms with E-state index in [1.54, 1.807) is 0 Å². The number of carboxylic acids is 1. The molecule has 0 aliphatic rings. The second-order valence-electron chi connectivity index (χ2n) is 26.6. The third kappa shape index (κ3) is 74.7. The molecule has 2 unspecified atom stereocenters. The van der Waals surface area contributed by atoms with Gasteiger partial charge >= 0.3 is 11.9 Å². The first kappa shape index (κ1) is 88.4. The standard InChI is InChI=1S/C84H143NO8/c1-6-8-10-12-14-16-18-20-22-24-26-28-30-32-34-36-38-40-41-43-44-46-48-50-52-54-56-58-60-62-64-66-68-70-72-74-81(86)91-78-80(79-92-84(83(88)89)90-77-76-85(3,4)5)93-82(87)75-73-71-69-67-65-63-61-59-57-55-53-51-49-47-45-42-39-37-35-33-31-29-27-25-23-21-19-17-15-13-11-9-7-2/h9,11,15,17-18,20-21,23-24,26-27,29,33,35,39,42,47,49,53,55,59,61,80,84H,6-8,10,12-14,16,19,22,25,28,30-32,34,36-38,40-41,43-46,48,50-52,54,56-58,60,62-79H2,1-5H3/b11-9-,17-15-,20-18-,23-21-,26-24-,29-27-,35-33-,42-39-,49-47-,55-53-,61-59-. The minimum absolute atomic E-state index is 0.138. The minimum Gasteiger partial charge on any atom is -0.545 e. The van der Waals surface area contributed by atoms with Crippen molar-refractivity contribution in [3.63, 3.8) is 0 Å². The number of esters is 2. The second-order valence-corrected chi connectivity index (χ2v) is 26.6. The number of rotatable bonds is 70. The minimum atomic E-state index is -1.64. The van der Waals surface area contributed by atoms with Crippen molar-refractivity contribution in [2.45, 2.75) is 334 Å². The summed E-state index contributed by atoms with van der Waals surface area (Å²) in [6, 6.07) is 0. The van der Waals surface area contributed by atoms with Gasteiger partial charge in [0.1, 0.15) is 13.2 Å². The highest BCUT2D eigenvalue weighted by atomic mass is 16.7. The molecule has 9 heteroatoms. The molecule has 0 bridgehead atoms. The van der Waals surface area contributed by atoms with E-state index in [0.717, 1.165) is 116 Å². The molecule has 0 N–H and O–H groups in total. The molecule has 532 valence electrons. The number of carboxylic acid groups (broad SMARTS) is 1. The molecular weight excluding hydrogens is 1150 g/mol. The molecule has 0 heterocycles. The molecular formula is C84H143NO8. The van der Waals surface area contributed by atoms with Crippen molar-refractivity contribution in [2.75, 3.05) is 47.5 Å². The van der Waals surface area contributed by atoms with Crippen LogP contribution in [0.1, 0.15) is 322 Å². The summed E-state index contributed by atoms with van der Waals surface area (Å²) in [6.07, 6.45) is 103. The van der Waals surface area contributed by atoms with Crippen molar-refractivity contribution in [2.24, 2.45) is 0 Å². The van der Waals surface area contributed by atoms with Gasteiger partial charge in [-0.05, 0) is 116 Å². The monoisotopic (exact) mass is 1290 g/mol. The fraction of sp³-hybridized carbons (Fsp3) is 0.702. The van der Waals surface area contributed by atoms with Gasteiger partial charge in [0.15, 0.2) is 12.4 Å². The number of nitrogens with zero attached hydrogens (tertiary/aromatic N) is 1. The molecule has 0 aliphatic carbocycles. The van der Waals surface area contributed by atoms with E-state index in [9.17, 15) is 19.5 Å². The zero-order chi connectivity index (χ0) is 67.5. The first-order valence-corrected chi connectivity index (χ1v) is 38.3. The van der Waals surface area contributed by atoms with Gasteiger partial charge in [0.25, 0.3) is 0 Å². The lowest BCUT2D eigenvalue weighted by atomic mass is 10.0. The maximum absolute atomic E-state index is 13.0. The Kier molecular flexibility index (Phi) is 69.6. The number of carbonyl (C=O) groups excluding carboxylic acids is 3. The average molecular weight is 1300 g/mol. The lowest BCUT2D eigenvalue weighted by Crippen LogP contribution is -2.44. The van der Waals surface area contributed by atoms with E-state index < -0.39 is 24.3 Å². The summed E-state index contributed by atoms with van der Waals surface area (Å²) in [4.78, 5) is 37.6. The van der Waals surface area contributed by atoms with Gasteiger partial charge in [-0.2, -0.15) is 0 Å². The van der Waals surface area contributed by atoms with Crippen LogP contribution >= 0.6 is 0 Å². The van der Waals surface area contributed by atoms with Crippen LogP contribution in [0, 0.1) is 0 Å². The predicted molar refractivity (Wildman–Crippen MR) is 398 cm³/mol. The van der Waals surface area contributed by atoms with Crippen LogP contribution in [0.3, 0.4) is 0 Å². The lowest BCUT2D eigenvalue weighted by molar-refractivity contribution is -0.870. The highest BCUT2D eigenvalue weighted by Gasteiger charge is 2.22.